The van der Waals surface area contributed by atoms with E-state index in [2.05, 4.69) is 23.8 Å². The summed E-state index contributed by atoms with van der Waals surface area (Å²) in [6.45, 7) is 8.85. The van der Waals surface area contributed by atoms with Crippen LogP contribution in [0, 0.1) is 5.41 Å². The second-order valence-electron chi connectivity index (χ2n) is 3.42. The molecule has 0 aromatic carbocycles. The van der Waals surface area contributed by atoms with Gasteiger partial charge in [0.15, 0.2) is 10.5 Å². The first-order chi connectivity index (χ1) is 6.95. The van der Waals surface area contributed by atoms with Crippen LogP contribution in [0.5, 0.6) is 0 Å². The van der Waals surface area contributed by atoms with Gasteiger partial charge in [0.2, 0.25) is 11.8 Å². The fraction of sp³-hybridized carbons (Fsp3) is 0.300. The molecule has 2 amide bonds. The Labute approximate surface area is 122 Å². The average Bonchev–Trinajstić information content (AvgIpc) is 2.10. The van der Waals surface area contributed by atoms with Gasteiger partial charge in [0.1, 0.15) is 0 Å². The van der Waals surface area contributed by atoms with Gasteiger partial charge in [0, 0.05) is 0 Å². The van der Waals surface area contributed by atoms with E-state index in [1.165, 1.54) is 6.08 Å². The summed E-state index contributed by atoms with van der Waals surface area (Å²) in [6, 6.07) is 0. The van der Waals surface area contributed by atoms with E-state index in [9.17, 15) is 9.59 Å². The van der Waals surface area contributed by atoms with Gasteiger partial charge in [0.25, 0.3) is 0 Å². The normalized spacial score (nSPS) is 17.9. The molecule has 0 aromatic rings. The van der Waals surface area contributed by atoms with E-state index >= 15 is 0 Å². The molecule has 0 radical (unpaired) electrons. The van der Waals surface area contributed by atoms with Gasteiger partial charge in [-0.2, -0.15) is 0 Å². The number of carbonyl (C=O) groups is 2. The van der Waals surface area contributed by atoms with E-state index < -0.39 is 17.2 Å². The maximum Gasteiger partial charge on any atom is 1.00 e. The quantitative estimate of drug-likeness (QED) is 0.254. The summed E-state index contributed by atoms with van der Waals surface area (Å²) in [4.78, 5) is 23.6. The van der Waals surface area contributed by atoms with E-state index in [1.807, 2.05) is 0 Å². The zero-order chi connectivity index (χ0) is 11.6. The minimum absolute atomic E-state index is 0. The summed E-state index contributed by atoms with van der Waals surface area (Å²) in [6.07, 6.45) is 1.73. The number of rotatable bonds is 3. The summed E-state index contributed by atoms with van der Waals surface area (Å²) in [5, 5.41) is 4.87. The van der Waals surface area contributed by atoms with Gasteiger partial charge in [-0.15, -0.1) is 6.58 Å². The van der Waals surface area contributed by atoms with Crippen molar-refractivity contribution in [1.82, 2.24) is 10.6 Å². The fourth-order valence-corrected chi connectivity index (χ4v) is 1.70. The molecular formula is C10H12N2NaO2S+. The Morgan fingerprint density at radius 2 is 1.88 bits per heavy atom. The fourth-order valence-electron chi connectivity index (χ4n) is 1.52. The Kier molecular flexibility index (Phi) is 5.55. The Bertz CT molecular complexity index is 359. The zero-order valence-corrected chi connectivity index (χ0v) is 12.2. The van der Waals surface area contributed by atoms with Crippen LogP contribution in [-0.4, -0.2) is 16.9 Å². The Morgan fingerprint density at radius 3 is 2.19 bits per heavy atom. The first-order valence-corrected chi connectivity index (χ1v) is 4.79. The summed E-state index contributed by atoms with van der Waals surface area (Å²) in [7, 11) is 0. The van der Waals surface area contributed by atoms with Crippen molar-refractivity contribution in [3.8, 4) is 0 Å². The third kappa shape index (κ3) is 2.43. The second kappa shape index (κ2) is 5.72. The van der Waals surface area contributed by atoms with Crippen molar-refractivity contribution in [2.45, 2.75) is 13.3 Å². The number of hydrogen-bond acceptors (Lipinski definition) is 3. The molecule has 0 saturated carbocycles. The number of hydrogen-bond donors (Lipinski definition) is 2. The molecule has 4 nitrogen and oxygen atoms in total. The summed E-state index contributed by atoms with van der Waals surface area (Å²) < 4.78 is 0. The second-order valence-corrected chi connectivity index (χ2v) is 3.82. The first kappa shape index (κ1) is 15.5. The van der Waals surface area contributed by atoms with Gasteiger partial charge in [-0.05, 0) is 25.6 Å². The predicted octanol–water partition coefficient (Wildman–Crippen LogP) is -2.34. The minimum Gasteiger partial charge on any atom is -0.302 e. The van der Waals surface area contributed by atoms with Crippen molar-refractivity contribution in [1.29, 1.82) is 0 Å². The Morgan fingerprint density at radius 1 is 1.44 bits per heavy atom. The minimum atomic E-state index is -1.27. The first-order valence-electron chi connectivity index (χ1n) is 4.39. The van der Waals surface area contributed by atoms with E-state index in [1.54, 1.807) is 6.92 Å². The van der Waals surface area contributed by atoms with E-state index in [0.29, 0.717) is 5.57 Å². The number of carbonyl (C=O) groups excluding carboxylic acids is 2. The molecule has 0 spiro atoms. The summed E-state index contributed by atoms with van der Waals surface area (Å²) in [5.74, 6) is -0.882. The standard InChI is InChI=1S/C10H12N2O2S.Na/c1-4-5-10(6(2)3)7(13)11-9(15)12-8(10)14;/h4H,1-2,5H2,3H3,(H2,11,12,13,14,15);/q;+1. The maximum atomic E-state index is 11.8. The predicted molar refractivity (Wildman–Crippen MR) is 60.9 cm³/mol. The van der Waals surface area contributed by atoms with Crippen LogP contribution in [0.2, 0.25) is 0 Å². The number of thiocarbonyl (C=S) groups is 1. The molecule has 6 heteroatoms. The smallest absolute Gasteiger partial charge is 0.302 e. The van der Waals surface area contributed by atoms with Crippen LogP contribution in [-0.2, 0) is 9.59 Å². The average molecular weight is 247 g/mol. The van der Waals surface area contributed by atoms with Crippen LogP contribution < -0.4 is 40.2 Å². The van der Waals surface area contributed by atoms with Crippen LogP contribution in [0.4, 0.5) is 0 Å². The van der Waals surface area contributed by atoms with Crippen molar-refractivity contribution in [2.24, 2.45) is 5.41 Å². The van der Waals surface area contributed by atoms with Gasteiger partial charge >= 0.3 is 29.6 Å². The third-order valence-electron chi connectivity index (χ3n) is 2.41. The Balaban J connectivity index is 0.00000225. The molecular weight excluding hydrogens is 235 g/mol. The van der Waals surface area contributed by atoms with Crippen molar-refractivity contribution < 1.29 is 39.1 Å². The molecule has 80 valence electrons. The number of nitrogens with one attached hydrogen (secondary N) is 2. The van der Waals surface area contributed by atoms with Crippen molar-refractivity contribution in [2.75, 3.05) is 0 Å². The Hall–Kier alpha value is -0.490. The largest absolute Gasteiger partial charge is 1.00 e. The van der Waals surface area contributed by atoms with Crippen LogP contribution in [0.1, 0.15) is 13.3 Å². The van der Waals surface area contributed by atoms with Crippen LogP contribution in [0.15, 0.2) is 24.8 Å². The molecule has 1 aliphatic rings. The van der Waals surface area contributed by atoms with Gasteiger partial charge < -0.3 is 10.6 Å². The van der Waals surface area contributed by atoms with Gasteiger partial charge in [-0.25, -0.2) is 0 Å². The monoisotopic (exact) mass is 247 g/mol. The topological polar surface area (TPSA) is 58.2 Å². The molecule has 2 N–H and O–H groups in total. The SMILES string of the molecule is C=CCC1(C(=C)C)C(=O)NC(=S)NC1=O.[Na+]. The molecule has 1 saturated heterocycles. The van der Waals surface area contributed by atoms with E-state index in [0.717, 1.165) is 0 Å². The van der Waals surface area contributed by atoms with Crippen molar-refractivity contribution in [3.05, 3.63) is 24.8 Å². The molecule has 1 heterocycles. The van der Waals surface area contributed by atoms with E-state index in [4.69, 9.17) is 12.2 Å². The van der Waals surface area contributed by atoms with Crippen molar-refractivity contribution >= 4 is 29.1 Å². The third-order valence-corrected chi connectivity index (χ3v) is 2.61. The number of allylic oxidation sites excluding steroid dienone is 1. The zero-order valence-electron chi connectivity index (χ0n) is 9.42. The van der Waals surface area contributed by atoms with Crippen LogP contribution in [0.3, 0.4) is 0 Å². The molecule has 0 aromatic heterocycles. The molecule has 1 fully saturated rings. The molecule has 0 bridgehead atoms. The maximum absolute atomic E-state index is 11.8. The molecule has 1 aliphatic heterocycles. The van der Waals surface area contributed by atoms with Gasteiger partial charge in [-0.3, -0.25) is 9.59 Å². The van der Waals surface area contributed by atoms with E-state index in [-0.39, 0.29) is 41.1 Å². The summed E-state index contributed by atoms with van der Waals surface area (Å²) >= 11 is 4.71. The molecule has 0 atom stereocenters. The van der Waals surface area contributed by atoms with Crippen LogP contribution >= 0.6 is 12.2 Å². The van der Waals surface area contributed by atoms with Gasteiger partial charge in [-0.1, -0.05) is 18.2 Å². The van der Waals surface area contributed by atoms with Crippen molar-refractivity contribution in [3.63, 3.8) is 0 Å². The molecule has 1 rings (SSSR count). The van der Waals surface area contributed by atoms with Gasteiger partial charge in [0.05, 0.1) is 0 Å². The number of amides is 2. The molecule has 16 heavy (non-hydrogen) atoms. The summed E-state index contributed by atoms with van der Waals surface area (Å²) in [5.41, 5.74) is -0.802. The van der Waals surface area contributed by atoms with Crippen LogP contribution in [0.25, 0.3) is 0 Å². The molecule has 0 aliphatic carbocycles. The molecule has 0 unspecified atom stereocenters.